The summed E-state index contributed by atoms with van der Waals surface area (Å²) in [5.41, 5.74) is -0.489. The summed E-state index contributed by atoms with van der Waals surface area (Å²) in [4.78, 5) is 24.9. The van der Waals surface area contributed by atoms with E-state index in [1.165, 1.54) is 18.3 Å². The van der Waals surface area contributed by atoms with Crippen molar-refractivity contribution in [2.24, 2.45) is 0 Å². The molecule has 0 radical (unpaired) electrons. The van der Waals surface area contributed by atoms with Gasteiger partial charge in [0.1, 0.15) is 18.0 Å². The van der Waals surface area contributed by atoms with Crippen molar-refractivity contribution in [1.82, 2.24) is 4.98 Å². The minimum atomic E-state index is -1.36. The van der Waals surface area contributed by atoms with Gasteiger partial charge < -0.3 is 9.84 Å². The molecule has 0 unspecified atom stereocenters. The zero-order valence-electron chi connectivity index (χ0n) is 10.5. The first-order chi connectivity index (χ1) is 9.99. The molecular formula is C13H9FN2O5. The van der Waals surface area contributed by atoms with Gasteiger partial charge in [0.05, 0.1) is 11.1 Å². The molecule has 0 saturated heterocycles. The summed E-state index contributed by atoms with van der Waals surface area (Å²) in [6, 6.07) is 4.71. The van der Waals surface area contributed by atoms with Crippen molar-refractivity contribution in [2.45, 2.75) is 6.61 Å². The van der Waals surface area contributed by atoms with Crippen LogP contribution in [0.1, 0.15) is 15.9 Å². The van der Waals surface area contributed by atoms with Gasteiger partial charge in [0.2, 0.25) is 5.75 Å². The number of carbonyl (C=O) groups is 1. The predicted octanol–water partition coefficient (Wildman–Crippen LogP) is 2.41. The Balaban J connectivity index is 2.33. The first-order valence-electron chi connectivity index (χ1n) is 5.72. The minimum absolute atomic E-state index is 0.240. The number of halogens is 1. The SMILES string of the molecule is O=C(O)c1cccc([N+](=O)[O-])c1OCc1cncc(F)c1. The van der Waals surface area contributed by atoms with E-state index < -0.39 is 22.4 Å². The van der Waals surface area contributed by atoms with E-state index in [4.69, 9.17) is 9.84 Å². The lowest BCUT2D eigenvalue weighted by molar-refractivity contribution is -0.386. The van der Waals surface area contributed by atoms with E-state index in [1.807, 2.05) is 0 Å². The minimum Gasteiger partial charge on any atom is -0.481 e. The molecule has 0 aliphatic carbocycles. The quantitative estimate of drug-likeness (QED) is 0.670. The Morgan fingerprint density at radius 3 is 2.81 bits per heavy atom. The average Bonchev–Trinajstić information content (AvgIpc) is 2.44. The Bertz CT molecular complexity index is 672. The third-order valence-electron chi connectivity index (χ3n) is 2.57. The van der Waals surface area contributed by atoms with E-state index >= 15 is 0 Å². The van der Waals surface area contributed by atoms with Gasteiger partial charge in [0.25, 0.3) is 0 Å². The number of aromatic carboxylic acids is 1. The van der Waals surface area contributed by atoms with Crippen molar-refractivity contribution in [2.75, 3.05) is 0 Å². The van der Waals surface area contributed by atoms with Crippen LogP contribution in [0.3, 0.4) is 0 Å². The van der Waals surface area contributed by atoms with Crippen LogP contribution < -0.4 is 4.74 Å². The van der Waals surface area contributed by atoms with Crippen LogP contribution in [0.15, 0.2) is 36.7 Å². The number of rotatable bonds is 5. The van der Waals surface area contributed by atoms with Gasteiger partial charge in [0.15, 0.2) is 0 Å². The second-order valence-corrected chi connectivity index (χ2v) is 4.02. The van der Waals surface area contributed by atoms with Crippen molar-refractivity contribution in [3.05, 3.63) is 63.7 Å². The summed E-state index contributed by atoms with van der Waals surface area (Å²) < 4.78 is 18.2. The molecule has 0 amide bonds. The zero-order chi connectivity index (χ0) is 15.4. The molecule has 1 aromatic heterocycles. The lowest BCUT2D eigenvalue weighted by atomic mass is 10.1. The van der Waals surface area contributed by atoms with Crippen LogP contribution in [0.2, 0.25) is 0 Å². The molecule has 8 heteroatoms. The maximum absolute atomic E-state index is 13.0. The van der Waals surface area contributed by atoms with Gasteiger partial charge in [-0.05, 0) is 12.1 Å². The van der Waals surface area contributed by atoms with E-state index in [0.29, 0.717) is 5.56 Å². The smallest absolute Gasteiger partial charge is 0.339 e. The number of ether oxygens (including phenoxy) is 1. The van der Waals surface area contributed by atoms with Gasteiger partial charge in [-0.1, -0.05) is 6.07 Å². The number of para-hydroxylation sites is 1. The summed E-state index contributed by atoms with van der Waals surface area (Å²) >= 11 is 0. The number of nitro benzene ring substituents is 1. The molecule has 0 spiro atoms. The number of nitro groups is 1. The van der Waals surface area contributed by atoms with Gasteiger partial charge in [0, 0.05) is 17.8 Å². The molecular weight excluding hydrogens is 283 g/mol. The summed E-state index contributed by atoms with van der Waals surface area (Å²) in [6.07, 6.45) is 2.31. The van der Waals surface area contributed by atoms with E-state index in [-0.39, 0.29) is 17.9 Å². The Kier molecular flexibility index (Phi) is 4.07. The standard InChI is InChI=1S/C13H9FN2O5/c14-9-4-8(5-15-6-9)7-21-12-10(13(17)18)2-1-3-11(12)16(19)20/h1-6H,7H2,(H,17,18). The predicted molar refractivity (Wildman–Crippen MR) is 68.6 cm³/mol. The van der Waals surface area contributed by atoms with Crippen LogP contribution >= 0.6 is 0 Å². The van der Waals surface area contributed by atoms with Gasteiger partial charge in [-0.15, -0.1) is 0 Å². The highest BCUT2D eigenvalue weighted by molar-refractivity contribution is 5.92. The molecule has 1 heterocycles. The maximum atomic E-state index is 13.0. The third kappa shape index (κ3) is 3.30. The van der Waals surface area contributed by atoms with Crippen molar-refractivity contribution < 1.29 is 24.0 Å². The van der Waals surface area contributed by atoms with E-state index in [9.17, 15) is 19.3 Å². The molecule has 0 aliphatic heterocycles. The molecule has 0 aliphatic rings. The molecule has 1 aromatic carbocycles. The molecule has 2 aromatic rings. The van der Waals surface area contributed by atoms with Crippen LogP contribution in [0, 0.1) is 15.9 Å². The topological polar surface area (TPSA) is 103 Å². The molecule has 21 heavy (non-hydrogen) atoms. The van der Waals surface area contributed by atoms with Crippen LogP contribution in [-0.4, -0.2) is 21.0 Å². The number of carboxylic acid groups (broad SMARTS) is 1. The molecule has 0 bridgehead atoms. The zero-order valence-corrected chi connectivity index (χ0v) is 10.5. The second kappa shape index (κ2) is 5.95. The van der Waals surface area contributed by atoms with Crippen molar-refractivity contribution in [1.29, 1.82) is 0 Å². The van der Waals surface area contributed by atoms with Crippen molar-refractivity contribution in [3.8, 4) is 5.75 Å². The summed E-state index contributed by atoms with van der Waals surface area (Å²) in [7, 11) is 0. The van der Waals surface area contributed by atoms with E-state index in [0.717, 1.165) is 18.3 Å². The Morgan fingerprint density at radius 2 is 2.19 bits per heavy atom. The van der Waals surface area contributed by atoms with E-state index in [1.54, 1.807) is 0 Å². The summed E-state index contributed by atoms with van der Waals surface area (Å²) in [5.74, 6) is -2.32. The Hall–Kier alpha value is -3.03. The number of carboxylic acids is 1. The maximum Gasteiger partial charge on any atom is 0.339 e. The molecule has 7 nitrogen and oxygen atoms in total. The number of hydrogen-bond donors (Lipinski definition) is 1. The average molecular weight is 292 g/mol. The summed E-state index contributed by atoms with van der Waals surface area (Å²) in [6.45, 7) is -0.240. The number of nitrogens with zero attached hydrogens (tertiary/aromatic N) is 2. The first kappa shape index (κ1) is 14.4. The van der Waals surface area contributed by atoms with E-state index in [2.05, 4.69) is 4.98 Å². The third-order valence-corrected chi connectivity index (χ3v) is 2.57. The molecule has 1 N–H and O–H groups in total. The lowest BCUT2D eigenvalue weighted by Crippen LogP contribution is -2.06. The van der Waals surface area contributed by atoms with Crippen LogP contribution in [-0.2, 0) is 6.61 Å². The normalized spacial score (nSPS) is 10.1. The molecule has 2 rings (SSSR count). The molecule has 0 saturated carbocycles. The molecule has 0 atom stereocenters. The fourth-order valence-electron chi connectivity index (χ4n) is 1.68. The van der Waals surface area contributed by atoms with Gasteiger partial charge in [-0.2, -0.15) is 0 Å². The number of hydrogen-bond acceptors (Lipinski definition) is 5. The highest BCUT2D eigenvalue weighted by atomic mass is 19.1. The van der Waals surface area contributed by atoms with Crippen LogP contribution in [0.4, 0.5) is 10.1 Å². The molecule has 0 fully saturated rings. The Morgan fingerprint density at radius 1 is 1.43 bits per heavy atom. The van der Waals surface area contributed by atoms with Gasteiger partial charge in [-0.25, -0.2) is 9.18 Å². The number of pyridine rings is 1. The number of aromatic nitrogens is 1. The fraction of sp³-hybridized carbons (Fsp3) is 0.0769. The molecule has 108 valence electrons. The highest BCUT2D eigenvalue weighted by Gasteiger charge is 2.23. The van der Waals surface area contributed by atoms with Crippen LogP contribution in [0.5, 0.6) is 5.75 Å². The second-order valence-electron chi connectivity index (χ2n) is 4.02. The highest BCUT2D eigenvalue weighted by Crippen LogP contribution is 2.31. The lowest BCUT2D eigenvalue weighted by Gasteiger charge is -2.09. The fourth-order valence-corrected chi connectivity index (χ4v) is 1.68. The largest absolute Gasteiger partial charge is 0.481 e. The Labute approximate surface area is 117 Å². The van der Waals surface area contributed by atoms with Gasteiger partial charge in [-0.3, -0.25) is 15.1 Å². The van der Waals surface area contributed by atoms with Crippen LogP contribution in [0.25, 0.3) is 0 Å². The van der Waals surface area contributed by atoms with Crippen molar-refractivity contribution >= 4 is 11.7 Å². The number of benzene rings is 1. The van der Waals surface area contributed by atoms with Gasteiger partial charge >= 0.3 is 11.7 Å². The summed E-state index contributed by atoms with van der Waals surface area (Å²) in [5, 5.41) is 20.0. The monoisotopic (exact) mass is 292 g/mol. The van der Waals surface area contributed by atoms with Crippen molar-refractivity contribution in [3.63, 3.8) is 0 Å². The first-order valence-corrected chi connectivity index (χ1v) is 5.72.